The summed E-state index contributed by atoms with van der Waals surface area (Å²) >= 11 is 4.66. The fourth-order valence-corrected chi connectivity index (χ4v) is 3.42. The zero-order chi connectivity index (χ0) is 11.0. The number of hydrogen-bond acceptors (Lipinski definition) is 3. The normalized spacial score (nSPS) is 26.4. The van der Waals surface area contributed by atoms with Gasteiger partial charge in [0, 0.05) is 6.42 Å². The van der Waals surface area contributed by atoms with Crippen LogP contribution in [0, 0.1) is 0 Å². The summed E-state index contributed by atoms with van der Waals surface area (Å²) in [5, 5.41) is -2.92. The van der Waals surface area contributed by atoms with Gasteiger partial charge in [-0.1, -0.05) is 0 Å². The Balaban J connectivity index is 2.75. The Hall–Kier alpha value is -0.230. The second-order valence-electron chi connectivity index (χ2n) is 3.31. The molecule has 0 aromatic rings. The molecule has 1 fully saturated rings. The third-order valence-electron chi connectivity index (χ3n) is 2.23. The van der Waals surface area contributed by atoms with Gasteiger partial charge in [0.2, 0.25) is 0 Å². The molecule has 1 atom stereocenters. The van der Waals surface area contributed by atoms with E-state index in [-0.39, 0.29) is 12.2 Å². The van der Waals surface area contributed by atoms with Crippen LogP contribution in [-0.2, 0) is 14.6 Å². The highest BCUT2D eigenvalue weighted by Gasteiger charge is 2.45. The van der Waals surface area contributed by atoms with Crippen LogP contribution in [0.2, 0.25) is 0 Å². The molecular formula is C7H9ClF2O3S. The zero-order valence-corrected chi connectivity index (χ0v) is 8.75. The van der Waals surface area contributed by atoms with Gasteiger partial charge in [-0.3, -0.25) is 4.79 Å². The van der Waals surface area contributed by atoms with Crippen LogP contribution in [-0.4, -0.2) is 30.6 Å². The van der Waals surface area contributed by atoms with Gasteiger partial charge in [-0.25, -0.2) is 8.42 Å². The van der Waals surface area contributed by atoms with Crippen molar-refractivity contribution in [3.63, 3.8) is 0 Å². The quantitative estimate of drug-likeness (QED) is 0.707. The van der Waals surface area contributed by atoms with E-state index < -0.39 is 32.7 Å². The summed E-state index contributed by atoms with van der Waals surface area (Å²) in [4.78, 5) is 10.3. The summed E-state index contributed by atoms with van der Waals surface area (Å²) in [7, 11) is -3.44. The van der Waals surface area contributed by atoms with Crippen LogP contribution in [0.1, 0.15) is 19.3 Å². The fraction of sp³-hybridized carbons (Fsp3) is 0.857. The Kier molecular flexibility index (Phi) is 3.16. The highest BCUT2D eigenvalue weighted by atomic mass is 35.5. The van der Waals surface area contributed by atoms with Gasteiger partial charge in [0.25, 0.3) is 5.24 Å². The SMILES string of the molecule is O=C(Cl)C(F)(F)CC1CCCS1(=O)=O. The molecule has 1 aliphatic heterocycles. The Morgan fingerprint density at radius 2 is 2.07 bits per heavy atom. The Morgan fingerprint density at radius 3 is 2.43 bits per heavy atom. The van der Waals surface area contributed by atoms with Crippen molar-refractivity contribution in [2.24, 2.45) is 0 Å². The molecule has 0 spiro atoms. The molecule has 7 heteroatoms. The predicted molar refractivity (Wildman–Crippen MR) is 47.2 cm³/mol. The van der Waals surface area contributed by atoms with Crippen LogP contribution in [0.3, 0.4) is 0 Å². The molecule has 1 rings (SSSR count). The molecular weight excluding hydrogens is 238 g/mol. The highest BCUT2D eigenvalue weighted by molar-refractivity contribution is 7.92. The molecule has 0 aromatic heterocycles. The molecule has 0 aromatic carbocycles. The number of sulfone groups is 1. The van der Waals surface area contributed by atoms with E-state index in [4.69, 9.17) is 0 Å². The summed E-state index contributed by atoms with van der Waals surface area (Å²) in [5.74, 6) is -3.81. The summed E-state index contributed by atoms with van der Waals surface area (Å²) in [5.41, 5.74) is 0. The van der Waals surface area contributed by atoms with E-state index in [9.17, 15) is 22.0 Å². The summed E-state index contributed by atoms with van der Waals surface area (Å²) < 4.78 is 47.9. The third-order valence-corrected chi connectivity index (χ3v) is 4.79. The van der Waals surface area contributed by atoms with Gasteiger partial charge < -0.3 is 0 Å². The molecule has 0 N–H and O–H groups in total. The van der Waals surface area contributed by atoms with Gasteiger partial charge in [0.1, 0.15) is 0 Å². The third kappa shape index (κ3) is 2.42. The monoisotopic (exact) mass is 246 g/mol. The average Bonchev–Trinajstić information content (AvgIpc) is 2.30. The summed E-state index contributed by atoms with van der Waals surface area (Å²) in [6.07, 6.45) is -0.431. The number of alkyl halides is 2. The van der Waals surface area contributed by atoms with Gasteiger partial charge in [0.15, 0.2) is 9.84 Å². The maximum absolute atomic E-state index is 12.8. The van der Waals surface area contributed by atoms with Crippen molar-refractivity contribution < 1.29 is 22.0 Å². The van der Waals surface area contributed by atoms with E-state index in [1.54, 1.807) is 0 Å². The lowest BCUT2D eigenvalue weighted by molar-refractivity contribution is -0.134. The van der Waals surface area contributed by atoms with Crippen molar-refractivity contribution >= 4 is 26.7 Å². The summed E-state index contributed by atoms with van der Waals surface area (Å²) in [6, 6.07) is 0. The molecule has 1 unspecified atom stereocenters. The molecule has 3 nitrogen and oxygen atoms in total. The first-order valence-electron chi connectivity index (χ1n) is 4.05. The van der Waals surface area contributed by atoms with E-state index in [0.29, 0.717) is 6.42 Å². The van der Waals surface area contributed by atoms with Crippen LogP contribution in [0.5, 0.6) is 0 Å². The van der Waals surface area contributed by atoms with Gasteiger partial charge in [0.05, 0.1) is 11.0 Å². The highest BCUT2D eigenvalue weighted by Crippen LogP contribution is 2.32. The second kappa shape index (κ2) is 3.73. The number of hydrogen-bond donors (Lipinski definition) is 0. The van der Waals surface area contributed by atoms with Crippen LogP contribution in [0.25, 0.3) is 0 Å². The molecule has 0 saturated carbocycles. The predicted octanol–water partition coefficient (Wildman–Crippen LogP) is 1.35. The number of halogens is 3. The lowest BCUT2D eigenvalue weighted by Crippen LogP contribution is -2.32. The lowest BCUT2D eigenvalue weighted by atomic mass is 10.1. The van der Waals surface area contributed by atoms with E-state index in [1.165, 1.54) is 0 Å². The van der Waals surface area contributed by atoms with Gasteiger partial charge in [-0.15, -0.1) is 0 Å². The number of rotatable bonds is 3. The lowest BCUT2D eigenvalue weighted by Gasteiger charge is -2.15. The van der Waals surface area contributed by atoms with Crippen molar-refractivity contribution in [1.82, 2.24) is 0 Å². The summed E-state index contributed by atoms with van der Waals surface area (Å²) in [6.45, 7) is 0. The molecule has 0 amide bonds. The molecule has 0 aliphatic carbocycles. The topological polar surface area (TPSA) is 51.2 Å². The van der Waals surface area contributed by atoms with E-state index in [0.717, 1.165) is 0 Å². The average molecular weight is 247 g/mol. The van der Waals surface area contributed by atoms with Crippen LogP contribution in [0.15, 0.2) is 0 Å². The van der Waals surface area contributed by atoms with E-state index in [1.807, 2.05) is 0 Å². The first-order valence-corrected chi connectivity index (χ1v) is 6.14. The Morgan fingerprint density at radius 1 is 1.50 bits per heavy atom. The van der Waals surface area contributed by atoms with Crippen LogP contribution in [0.4, 0.5) is 8.78 Å². The number of carbonyl (C=O) groups is 1. The van der Waals surface area contributed by atoms with Crippen molar-refractivity contribution in [1.29, 1.82) is 0 Å². The maximum Gasteiger partial charge on any atom is 0.321 e. The van der Waals surface area contributed by atoms with Crippen molar-refractivity contribution in [2.75, 3.05) is 5.75 Å². The number of carbonyl (C=O) groups excluding carboxylic acids is 1. The Labute approximate surface area is 85.3 Å². The van der Waals surface area contributed by atoms with Crippen LogP contribution < -0.4 is 0 Å². The fourth-order valence-electron chi connectivity index (χ4n) is 1.45. The van der Waals surface area contributed by atoms with E-state index in [2.05, 4.69) is 11.6 Å². The van der Waals surface area contributed by atoms with Crippen molar-refractivity contribution in [3.05, 3.63) is 0 Å². The zero-order valence-electron chi connectivity index (χ0n) is 7.17. The molecule has 82 valence electrons. The molecule has 14 heavy (non-hydrogen) atoms. The first kappa shape index (κ1) is 11.8. The van der Waals surface area contributed by atoms with Gasteiger partial charge >= 0.3 is 5.92 Å². The van der Waals surface area contributed by atoms with Crippen molar-refractivity contribution in [2.45, 2.75) is 30.4 Å². The van der Waals surface area contributed by atoms with Gasteiger partial charge in [-0.05, 0) is 24.4 Å². The first-order chi connectivity index (χ1) is 6.26. The molecule has 1 aliphatic rings. The minimum Gasteiger partial charge on any atom is -0.274 e. The molecule has 0 radical (unpaired) electrons. The smallest absolute Gasteiger partial charge is 0.274 e. The molecule has 0 bridgehead atoms. The largest absolute Gasteiger partial charge is 0.321 e. The van der Waals surface area contributed by atoms with E-state index >= 15 is 0 Å². The molecule has 1 saturated heterocycles. The minimum atomic E-state index is -3.73. The molecule has 1 heterocycles. The van der Waals surface area contributed by atoms with Crippen LogP contribution >= 0.6 is 11.6 Å². The minimum absolute atomic E-state index is 0.0791. The standard InChI is InChI=1S/C7H9ClF2O3S/c8-6(11)7(9,10)4-5-2-1-3-14(5,12)13/h5H,1-4H2. The second-order valence-corrected chi connectivity index (χ2v) is 6.06. The maximum atomic E-state index is 12.8. The van der Waals surface area contributed by atoms with Gasteiger partial charge in [-0.2, -0.15) is 8.78 Å². The Bertz CT molecular complexity index is 339. The van der Waals surface area contributed by atoms with Crippen molar-refractivity contribution in [3.8, 4) is 0 Å².